The van der Waals surface area contributed by atoms with E-state index in [0.717, 1.165) is 12.0 Å². The summed E-state index contributed by atoms with van der Waals surface area (Å²) in [7, 11) is 0. The van der Waals surface area contributed by atoms with Crippen LogP contribution in [0.2, 0.25) is 0 Å². The first-order valence-electron chi connectivity index (χ1n) is 5.34. The van der Waals surface area contributed by atoms with Gasteiger partial charge in [-0.05, 0) is 0 Å². The Balaban J connectivity index is 1.94. The molecule has 2 nitrogen and oxygen atoms in total. The van der Waals surface area contributed by atoms with Gasteiger partial charge in [0.15, 0.2) is 0 Å². The first-order chi connectivity index (χ1) is 6.35. The van der Waals surface area contributed by atoms with E-state index in [1.807, 2.05) is 0 Å². The summed E-state index contributed by atoms with van der Waals surface area (Å²) in [4.78, 5) is 5.03. The van der Waals surface area contributed by atoms with Crippen molar-refractivity contribution in [3.63, 3.8) is 0 Å². The van der Waals surface area contributed by atoms with Crippen LogP contribution in [0, 0.1) is 5.92 Å². The van der Waals surface area contributed by atoms with Crippen molar-refractivity contribution >= 4 is 0 Å². The van der Waals surface area contributed by atoms with Gasteiger partial charge in [-0.25, -0.2) is 0 Å². The minimum atomic E-state index is 0.354. The predicted octanol–water partition coefficient (Wildman–Crippen LogP) is -1.96. The van der Waals surface area contributed by atoms with Crippen molar-refractivity contribution < 1.29 is 21.5 Å². The fourth-order valence-corrected chi connectivity index (χ4v) is 4.91. The normalized spacial score (nSPS) is 36.8. The van der Waals surface area contributed by atoms with Gasteiger partial charge < -0.3 is 0 Å². The van der Waals surface area contributed by atoms with Gasteiger partial charge in [0.05, 0.1) is 0 Å². The van der Waals surface area contributed by atoms with Gasteiger partial charge in [0.1, 0.15) is 0 Å². The molecule has 2 aliphatic heterocycles. The zero-order chi connectivity index (χ0) is 9.26. The Kier molecular flexibility index (Phi) is 3.48. The van der Waals surface area contributed by atoms with Crippen LogP contribution in [-0.2, 0) is 0 Å². The van der Waals surface area contributed by atoms with E-state index >= 15 is 0 Å². The van der Waals surface area contributed by atoms with E-state index in [2.05, 4.69) is 19.9 Å². The zero-order valence-corrected chi connectivity index (χ0v) is 10.8. The second-order valence-corrected chi connectivity index (χ2v) is 6.29. The molecule has 0 aromatic carbocycles. The predicted molar refractivity (Wildman–Crippen MR) is 51.3 cm³/mol. The van der Waals surface area contributed by atoms with Crippen molar-refractivity contribution in [2.75, 3.05) is 31.1 Å². The molecule has 2 fully saturated rings. The molecule has 78 valence electrons. The summed E-state index contributed by atoms with van der Waals surface area (Å²) in [6.07, 6.45) is 2.90. The van der Waals surface area contributed by atoms with Crippen LogP contribution < -0.4 is 21.5 Å². The van der Waals surface area contributed by atoms with Crippen LogP contribution in [0.4, 0.5) is 0 Å². The second-order valence-electron chi connectivity index (χ2n) is 4.09. The van der Waals surface area contributed by atoms with Crippen LogP contribution in [0.15, 0.2) is 0 Å². The Morgan fingerprint density at radius 2 is 2.15 bits per heavy atom. The first kappa shape index (κ1) is 10.2. The molecule has 13 heavy (non-hydrogen) atoms. The van der Waals surface area contributed by atoms with Gasteiger partial charge in [-0.1, -0.05) is 0 Å². The number of halogens is 1. The molecule has 0 aromatic rings. The molecule has 0 N–H and O–H groups in total. The summed E-state index contributed by atoms with van der Waals surface area (Å²) in [5, 5.41) is 0. The first-order valence-corrected chi connectivity index (χ1v) is 8.46. The summed E-state index contributed by atoms with van der Waals surface area (Å²) in [5.74, 6) is 1.01. The van der Waals surface area contributed by atoms with Gasteiger partial charge in [0, 0.05) is 0 Å². The van der Waals surface area contributed by atoms with Gasteiger partial charge in [-0.2, -0.15) is 0 Å². The number of hydrogen-bond acceptors (Lipinski definition) is 2. The standard InChI is InChI=1S/C10H20IN2/c1-3-12-6-5-10-9(8-12)4-7-13(10)11-2/h9-10H,3-8H2,1-2H3/q-1. The third-order valence-corrected chi connectivity index (χ3v) is 5.95. The van der Waals surface area contributed by atoms with E-state index in [1.165, 1.54) is 39.0 Å². The number of nitrogens with zero attached hydrogens (tertiary/aromatic N) is 2. The Hall–Kier alpha value is 0.650. The molecule has 0 aliphatic carbocycles. The molecule has 2 heterocycles. The molecule has 2 atom stereocenters. The number of alkyl halides is 1. The molecule has 0 radical (unpaired) electrons. The van der Waals surface area contributed by atoms with Crippen molar-refractivity contribution in [1.29, 1.82) is 0 Å². The van der Waals surface area contributed by atoms with E-state index in [4.69, 9.17) is 0 Å². The van der Waals surface area contributed by atoms with Crippen molar-refractivity contribution in [1.82, 2.24) is 8.01 Å². The van der Waals surface area contributed by atoms with Crippen LogP contribution in [0.1, 0.15) is 19.8 Å². The van der Waals surface area contributed by atoms with Crippen molar-refractivity contribution in [2.24, 2.45) is 5.92 Å². The maximum atomic E-state index is 2.79. The summed E-state index contributed by atoms with van der Waals surface area (Å²) in [6, 6.07) is 0.973. The third kappa shape index (κ3) is 2.02. The van der Waals surface area contributed by atoms with Crippen LogP contribution in [0.25, 0.3) is 0 Å². The summed E-state index contributed by atoms with van der Waals surface area (Å²) >= 11 is 0.354. The van der Waals surface area contributed by atoms with E-state index in [1.54, 1.807) is 0 Å². The van der Waals surface area contributed by atoms with Crippen LogP contribution in [-0.4, -0.2) is 45.2 Å². The zero-order valence-electron chi connectivity index (χ0n) is 8.67. The average molecular weight is 295 g/mol. The van der Waals surface area contributed by atoms with E-state index in [0.29, 0.717) is 21.5 Å². The summed E-state index contributed by atoms with van der Waals surface area (Å²) < 4.78 is 2.79. The van der Waals surface area contributed by atoms with Gasteiger partial charge in [-0.15, -0.1) is 0 Å². The van der Waals surface area contributed by atoms with E-state index < -0.39 is 0 Å². The van der Waals surface area contributed by atoms with Gasteiger partial charge >= 0.3 is 92.3 Å². The Morgan fingerprint density at radius 1 is 1.31 bits per heavy atom. The fraction of sp³-hybridized carbons (Fsp3) is 1.00. The molecule has 2 unspecified atom stereocenters. The van der Waals surface area contributed by atoms with Gasteiger partial charge in [0.25, 0.3) is 0 Å². The molecule has 0 amide bonds. The number of piperidine rings is 1. The third-order valence-electron chi connectivity index (χ3n) is 3.52. The molecule has 3 heteroatoms. The SMILES string of the molecule is CCN1CCC2C(CCN2[I-]C)C1. The molecular weight excluding hydrogens is 275 g/mol. The Morgan fingerprint density at radius 3 is 2.85 bits per heavy atom. The molecule has 2 saturated heterocycles. The summed E-state index contributed by atoms with van der Waals surface area (Å²) in [5.41, 5.74) is 0. The van der Waals surface area contributed by atoms with Crippen molar-refractivity contribution in [2.45, 2.75) is 25.8 Å². The molecule has 0 spiro atoms. The molecule has 0 saturated carbocycles. The van der Waals surface area contributed by atoms with Crippen molar-refractivity contribution in [3.05, 3.63) is 0 Å². The minimum absolute atomic E-state index is 0.354. The second kappa shape index (κ2) is 4.45. The van der Waals surface area contributed by atoms with E-state index in [9.17, 15) is 0 Å². The quantitative estimate of drug-likeness (QED) is 0.331. The number of likely N-dealkylation sites (tertiary alicyclic amines) is 1. The van der Waals surface area contributed by atoms with Gasteiger partial charge in [0.2, 0.25) is 0 Å². The summed E-state index contributed by atoms with van der Waals surface area (Å²) in [6.45, 7) is 7.67. The molecule has 2 rings (SSSR count). The Labute approximate surface area is 92.3 Å². The molecule has 0 aromatic heterocycles. The molecule has 2 aliphatic rings. The Bertz CT molecular complexity index is 174. The topological polar surface area (TPSA) is 6.48 Å². The monoisotopic (exact) mass is 295 g/mol. The average Bonchev–Trinajstić information content (AvgIpc) is 2.59. The fourth-order valence-electron chi connectivity index (χ4n) is 2.70. The number of hydrogen-bond donors (Lipinski definition) is 0. The number of fused-ring (bicyclic) bond motifs is 1. The molecular formula is C10H20IN2-. The van der Waals surface area contributed by atoms with Crippen LogP contribution >= 0.6 is 0 Å². The van der Waals surface area contributed by atoms with Crippen molar-refractivity contribution in [3.8, 4) is 0 Å². The molecule has 0 bridgehead atoms. The van der Waals surface area contributed by atoms with E-state index in [-0.39, 0.29) is 0 Å². The number of rotatable bonds is 2. The van der Waals surface area contributed by atoms with Crippen LogP contribution in [0.3, 0.4) is 0 Å². The van der Waals surface area contributed by atoms with Gasteiger partial charge in [-0.3, -0.25) is 0 Å². The maximum absolute atomic E-state index is 2.79. The van der Waals surface area contributed by atoms with Crippen LogP contribution in [0.5, 0.6) is 0 Å².